The summed E-state index contributed by atoms with van der Waals surface area (Å²) in [6.07, 6.45) is 0. The average molecular weight is 456 g/mol. The number of furan rings is 1. The van der Waals surface area contributed by atoms with Crippen molar-refractivity contribution in [1.29, 1.82) is 0 Å². The zero-order valence-electron chi connectivity index (χ0n) is 29.1. The molecule has 35 heavy (non-hydrogen) atoms. The largest absolute Gasteiger partial charge is 0.456 e. The highest BCUT2D eigenvalue weighted by Crippen LogP contribution is 2.41. The van der Waals surface area contributed by atoms with E-state index in [1.165, 1.54) is 0 Å². The maximum absolute atomic E-state index is 9.43. The van der Waals surface area contributed by atoms with Crippen molar-refractivity contribution in [3.8, 4) is 11.1 Å². The Kier molecular flexibility index (Phi) is 2.22. The van der Waals surface area contributed by atoms with Gasteiger partial charge in [-0.05, 0) is 84.5 Å². The smallest absolute Gasteiger partial charge is 0.136 e. The van der Waals surface area contributed by atoms with Gasteiger partial charge in [-0.3, -0.25) is 0 Å². The van der Waals surface area contributed by atoms with E-state index < -0.39 is 54.4 Å². The molecule has 0 radical (unpaired) electrons. The second kappa shape index (κ2) is 6.94. The molecule has 0 amide bonds. The lowest BCUT2D eigenvalue weighted by molar-refractivity contribution is 0.669. The maximum Gasteiger partial charge on any atom is 0.136 e. The van der Waals surface area contributed by atoms with Crippen LogP contribution in [-0.2, 0) is 0 Å². The Hall–Kier alpha value is -4.62. The van der Waals surface area contributed by atoms with E-state index in [1.807, 2.05) is 36.4 Å². The molecule has 0 atom stereocenters. The van der Waals surface area contributed by atoms with Crippen molar-refractivity contribution >= 4 is 65.0 Å². The first-order valence-corrected chi connectivity index (χ1v) is 11.1. The maximum atomic E-state index is 9.43. The Bertz CT molecular complexity index is 2710. The topological polar surface area (TPSA) is 13.1 Å². The molecule has 0 N–H and O–H groups in total. The molecule has 162 valence electrons. The van der Waals surface area contributed by atoms with Crippen molar-refractivity contribution in [2.24, 2.45) is 0 Å². The summed E-state index contributed by atoms with van der Waals surface area (Å²) in [6.45, 7) is 0. The lowest BCUT2D eigenvalue weighted by Crippen LogP contribution is -1.83. The van der Waals surface area contributed by atoms with Gasteiger partial charge in [0, 0.05) is 10.8 Å². The van der Waals surface area contributed by atoms with Gasteiger partial charge < -0.3 is 4.42 Å². The van der Waals surface area contributed by atoms with E-state index in [4.69, 9.17) is 16.8 Å². The van der Waals surface area contributed by atoms with E-state index in [0.29, 0.717) is 22.1 Å². The fraction of sp³-hybridized carbons (Fsp3) is 0. The van der Waals surface area contributed by atoms with Gasteiger partial charge in [-0.25, -0.2) is 0 Å². The monoisotopic (exact) mass is 455 g/mol. The van der Waals surface area contributed by atoms with Crippen molar-refractivity contribution in [1.82, 2.24) is 0 Å². The molecule has 0 unspecified atom stereocenters. The Morgan fingerprint density at radius 3 is 2.34 bits per heavy atom. The van der Waals surface area contributed by atoms with Crippen molar-refractivity contribution in [2.75, 3.05) is 0 Å². The van der Waals surface area contributed by atoms with Crippen molar-refractivity contribution in [3.63, 3.8) is 0 Å². The van der Waals surface area contributed by atoms with Gasteiger partial charge in [0.1, 0.15) is 11.2 Å². The van der Waals surface area contributed by atoms with Crippen molar-refractivity contribution < 1.29 is 19.5 Å². The fourth-order valence-electron chi connectivity index (χ4n) is 4.90. The quantitative estimate of drug-likeness (QED) is 0.177. The van der Waals surface area contributed by atoms with E-state index in [1.54, 1.807) is 18.2 Å². The molecule has 0 saturated heterocycles. The molecule has 0 spiro atoms. The Morgan fingerprint density at radius 1 is 0.486 bits per heavy atom. The van der Waals surface area contributed by atoms with Crippen LogP contribution >= 0.6 is 0 Å². The Labute approximate surface area is 217 Å². The lowest BCUT2D eigenvalue weighted by Gasteiger charge is -2.09. The highest BCUT2D eigenvalue weighted by atomic mass is 16.3. The third-order valence-corrected chi connectivity index (χ3v) is 6.47. The second-order valence-corrected chi connectivity index (χ2v) is 8.44. The number of hydrogen-bond acceptors (Lipinski definition) is 1. The molecule has 0 fully saturated rings. The van der Waals surface area contributed by atoms with Gasteiger partial charge in [0.25, 0.3) is 0 Å². The molecule has 1 heteroatoms. The molecule has 1 nitrogen and oxygen atoms in total. The van der Waals surface area contributed by atoms with Crippen LogP contribution in [0.15, 0.2) is 125 Å². The van der Waals surface area contributed by atoms with Gasteiger partial charge in [-0.1, -0.05) is 90.8 Å². The molecule has 1 heterocycles. The van der Waals surface area contributed by atoms with Gasteiger partial charge in [0.15, 0.2) is 0 Å². The van der Waals surface area contributed by atoms with Crippen LogP contribution in [0.1, 0.15) is 15.1 Å². The Balaban J connectivity index is 1.61. The molecule has 0 bridgehead atoms. The minimum Gasteiger partial charge on any atom is -0.456 e. The molecular weight excluding hydrogens is 424 g/mol. The normalized spacial score (nSPS) is 16.4. The molecule has 8 rings (SSSR count). The third-order valence-electron chi connectivity index (χ3n) is 6.47. The molecule has 0 saturated carbocycles. The second-order valence-electron chi connectivity index (χ2n) is 8.44. The highest BCUT2D eigenvalue weighted by Gasteiger charge is 2.15. The Morgan fingerprint density at radius 2 is 1.34 bits per heavy atom. The summed E-state index contributed by atoms with van der Waals surface area (Å²) >= 11 is 0. The van der Waals surface area contributed by atoms with Crippen LogP contribution in [0.25, 0.3) is 76.2 Å². The predicted molar refractivity (Wildman–Crippen MR) is 149 cm³/mol. The summed E-state index contributed by atoms with van der Waals surface area (Å²) < 4.78 is 103. The van der Waals surface area contributed by atoms with Crippen LogP contribution < -0.4 is 0 Å². The highest BCUT2D eigenvalue weighted by molar-refractivity contribution is 6.23. The van der Waals surface area contributed by atoms with Crippen LogP contribution in [-0.4, -0.2) is 0 Å². The van der Waals surface area contributed by atoms with Crippen LogP contribution in [0, 0.1) is 0 Å². The first-order valence-electron chi connectivity index (χ1n) is 16.6. The van der Waals surface area contributed by atoms with Gasteiger partial charge in [0.2, 0.25) is 0 Å². The van der Waals surface area contributed by atoms with E-state index >= 15 is 0 Å². The van der Waals surface area contributed by atoms with E-state index in [0.717, 1.165) is 16.2 Å². The first-order chi connectivity index (χ1) is 22.0. The number of hydrogen-bond donors (Lipinski definition) is 0. The predicted octanol–water partition coefficient (Wildman–Crippen LogP) is 9.87. The molecule has 7 aromatic carbocycles. The summed E-state index contributed by atoms with van der Waals surface area (Å²) in [6, 6.07) is 11.5. The zero-order valence-corrected chi connectivity index (χ0v) is 18.1. The number of benzene rings is 7. The summed E-state index contributed by atoms with van der Waals surface area (Å²) in [5.74, 6) is 0. The van der Waals surface area contributed by atoms with Gasteiger partial charge in [-0.2, -0.15) is 0 Å². The van der Waals surface area contributed by atoms with Crippen LogP contribution in [0.3, 0.4) is 0 Å². The first kappa shape index (κ1) is 11.2. The van der Waals surface area contributed by atoms with E-state index in [2.05, 4.69) is 0 Å². The molecule has 0 aliphatic carbocycles. The summed E-state index contributed by atoms with van der Waals surface area (Å²) in [5, 5.41) is 2.01. The summed E-state index contributed by atoms with van der Waals surface area (Å²) in [4.78, 5) is 0. The average Bonchev–Trinajstić information content (AvgIpc) is 3.44. The lowest BCUT2D eigenvalue weighted by atomic mass is 9.93. The van der Waals surface area contributed by atoms with E-state index in [-0.39, 0.29) is 50.0 Å². The molecule has 1 aromatic heterocycles. The summed E-state index contributed by atoms with van der Waals surface area (Å²) in [7, 11) is 0. The minimum atomic E-state index is -0.595. The number of fused-ring (bicyclic) bond motifs is 9. The standard InChI is InChI=1S/C34H20O/c1-3-8-27-21(6-1)12-14-25-18-23-13-15-24(19-26(23)20-30(25)27)29-10-5-11-31-34(29)33-28-9-4-2-7-22(28)16-17-32(33)35-31/h1-20H/i1D,3D,6D,8D,12D,13D,14D,15D,18D,19D,20D. The minimum absolute atomic E-state index is 0.0420. The summed E-state index contributed by atoms with van der Waals surface area (Å²) in [5.41, 5.74) is 1.57. The van der Waals surface area contributed by atoms with Crippen LogP contribution in [0.5, 0.6) is 0 Å². The third kappa shape index (κ3) is 2.70. The van der Waals surface area contributed by atoms with Gasteiger partial charge in [0.05, 0.1) is 15.1 Å². The van der Waals surface area contributed by atoms with Gasteiger partial charge >= 0.3 is 0 Å². The van der Waals surface area contributed by atoms with Crippen LogP contribution in [0.2, 0.25) is 0 Å². The molecule has 0 aliphatic rings. The SMILES string of the molecule is [2H]c1c(-c2cccc3oc4ccc5ccccc5c4c23)c([2H])c2c([2H])c3c(c([2H])c([2H])c4c([2H])c([2H])c([2H])c([2H])c43)c([2H])c2c1[2H]. The van der Waals surface area contributed by atoms with E-state index in [9.17, 15) is 2.74 Å². The zero-order chi connectivity index (χ0) is 32.5. The number of rotatable bonds is 1. The van der Waals surface area contributed by atoms with Gasteiger partial charge in [-0.15, -0.1) is 0 Å². The molecule has 8 aromatic rings. The van der Waals surface area contributed by atoms with Crippen LogP contribution in [0.4, 0.5) is 0 Å². The molecular formula is C34H20O. The fourth-order valence-corrected chi connectivity index (χ4v) is 4.90. The van der Waals surface area contributed by atoms with Crippen molar-refractivity contribution in [3.05, 3.63) is 121 Å². The van der Waals surface area contributed by atoms with Crippen molar-refractivity contribution in [2.45, 2.75) is 0 Å². The molecule has 0 aliphatic heterocycles.